The molecule has 0 saturated heterocycles. The minimum atomic E-state index is -0.870. The first-order chi connectivity index (χ1) is 9.07. The predicted octanol–water partition coefficient (Wildman–Crippen LogP) is 4.34. The fourth-order valence-corrected chi connectivity index (χ4v) is 2.85. The summed E-state index contributed by atoms with van der Waals surface area (Å²) in [6.07, 6.45) is 20.0. The zero-order valence-corrected chi connectivity index (χ0v) is 16.4. The summed E-state index contributed by atoms with van der Waals surface area (Å²) >= 11 is -0.733. The van der Waals surface area contributed by atoms with Gasteiger partial charge in [0, 0.05) is 0 Å². The Bertz CT molecular complexity index is 195. The number of hydrogen-bond donors (Lipinski definition) is 0. The Kier molecular flexibility index (Phi) is 19.2. The molecule has 2 saturated carbocycles. The van der Waals surface area contributed by atoms with E-state index in [9.17, 15) is 4.32 Å². The van der Waals surface area contributed by atoms with Crippen LogP contribution in [-0.4, -0.2) is 26.7 Å². The van der Waals surface area contributed by atoms with Crippen LogP contribution in [0, 0.1) is 63.6 Å². The van der Waals surface area contributed by atoms with E-state index in [1.54, 1.807) is 19.3 Å². The average Bonchev–Trinajstić information content (AvgIpc) is 3.07. The molecule has 4 heteroatoms. The molecule has 0 aromatic rings. The molecule has 20 heavy (non-hydrogen) atoms. The Hall–Kier alpha value is 1.05. The third-order valence-corrected chi connectivity index (χ3v) is 5.31. The minimum Gasteiger partial charge on any atom is -0.476 e. The third-order valence-electron chi connectivity index (χ3n) is 2.16. The van der Waals surface area contributed by atoms with Crippen LogP contribution in [0.1, 0.15) is 0 Å². The molecule has 2 aliphatic carbocycles. The van der Waals surface area contributed by atoms with Crippen molar-refractivity contribution in [2.45, 2.75) is 21.1 Å². The molecule has 2 aliphatic rings. The van der Waals surface area contributed by atoms with Crippen LogP contribution in [0.15, 0.2) is 12.7 Å². The van der Waals surface area contributed by atoms with Gasteiger partial charge in [-0.25, -0.2) is 6.42 Å². The van der Waals surface area contributed by atoms with E-state index in [0.29, 0.717) is 5.82 Å². The van der Waals surface area contributed by atoms with E-state index in [1.165, 1.54) is 11.3 Å². The maximum atomic E-state index is 12.2. The summed E-state index contributed by atoms with van der Waals surface area (Å²) in [4.78, 5) is 4.76. The second-order valence-corrected chi connectivity index (χ2v) is 12.5. The van der Waals surface area contributed by atoms with E-state index in [2.05, 4.69) is 22.9 Å². The summed E-state index contributed by atoms with van der Waals surface area (Å²) in [6, 6.07) is 0. The number of halogens is 1. The largest absolute Gasteiger partial charge is 2.00 e. The van der Waals surface area contributed by atoms with Crippen molar-refractivity contribution < 1.29 is 21.4 Å². The molecule has 0 spiro atoms. The van der Waals surface area contributed by atoms with Gasteiger partial charge in [0.05, 0.1) is 0 Å². The van der Waals surface area contributed by atoms with E-state index < -0.39 is 26.7 Å². The summed E-state index contributed by atoms with van der Waals surface area (Å²) < 4.78 is 13.6. The standard InChI is InChI=1S/C6H6BF.C5H5.C3H5.2CH3.Fe.Sn/c1-7(8)6-4-2-3-5-6;1-2-4-5-3-1;1-3-2;;;;/h2-4H,1H3;1-5H;3H,1-2H2;2*1H3;;/q-1;;;;;+2;+1. The molecule has 0 aromatic carbocycles. The molecule has 0 bridgehead atoms. The van der Waals surface area contributed by atoms with Gasteiger partial charge < -0.3 is 10.7 Å². The second kappa shape index (κ2) is 16.4. The van der Waals surface area contributed by atoms with Gasteiger partial charge in [0.1, 0.15) is 0 Å². The SMILES string of the molecule is C=C[CH2][Sn+]([CH3])[CH3].CB(F)[C]1[C-][CH][CH][CH]1.[CH]1[CH][CH][CH][CH]1.[Fe+2]. The quantitative estimate of drug-likeness (QED) is 0.363. The van der Waals surface area contributed by atoms with Gasteiger partial charge in [-0.1, -0.05) is 19.7 Å². The number of hydrogen-bond acceptors (Lipinski definition) is 0. The van der Waals surface area contributed by atoms with E-state index in [0.717, 1.165) is 0 Å². The number of allylic oxidation sites excluding steroid dienone is 1. The zero-order valence-electron chi connectivity index (χ0n) is 12.4. The maximum absolute atomic E-state index is 12.2. The van der Waals surface area contributed by atoms with Crippen LogP contribution in [-0.2, 0) is 17.1 Å². The summed E-state index contributed by atoms with van der Waals surface area (Å²) in [5.74, 6) is 0.644. The van der Waals surface area contributed by atoms with Gasteiger partial charge in [0.25, 0.3) is 0 Å². The maximum Gasteiger partial charge on any atom is 2.00 e. The van der Waals surface area contributed by atoms with Gasteiger partial charge in [-0.3, -0.25) is 0 Å². The molecule has 0 aliphatic heterocycles. The fraction of sp³-hybridized carbons (Fsp3) is 0.250. The van der Waals surface area contributed by atoms with Gasteiger partial charge in [0.15, 0.2) is 0 Å². The number of rotatable bonds is 3. The molecule has 0 atom stereocenters. The van der Waals surface area contributed by atoms with Crippen LogP contribution in [0.3, 0.4) is 0 Å². The van der Waals surface area contributed by atoms with Crippen molar-refractivity contribution >= 4 is 26.7 Å². The predicted molar refractivity (Wildman–Crippen MR) is 86.1 cm³/mol. The van der Waals surface area contributed by atoms with Crippen LogP contribution in [0.4, 0.5) is 4.32 Å². The Morgan fingerprint density at radius 2 is 1.70 bits per heavy atom. The molecular formula is C16H22BFFeSn+2. The normalized spacial score (nSPS) is 17.0. The van der Waals surface area contributed by atoms with Crippen molar-refractivity contribution in [3.05, 3.63) is 76.3 Å². The van der Waals surface area contributed by atoms with Crippen LogP contribution < -0.4 is 0 Å². The molecule has 0 amide bonds. The van der Waals surface area contributed by atoms with E-state index in [1.807, 2.05) is 38.2 Å². The summed E-state index contributed by atoms with van der Waals surface area (Å²) in [6.45, 7) is 4.29. The molecule has 106 valence electrons. The summed E-state index contributed by atoms with van der Waals surface area (Å²) in [5.41, 5.74) is 0. The van der Waals surface area contributed by atoms with Gasteiger partial charge in [-0.15, -0.1) is 0 Å². The van der Waals surface area contributed by atoms with Gasteiger partial charge in [-0.2, -0.15) is 5.82 Å². The van der Waals surface area contributed by atoms with Crippen LogP contribution in [0.5, 0.6) is 0 Å². The van der Waals surface area contributed by atoms with Gasteiger partial charge >= 0.3 is 70.8 Å². The molecule has 0 heterocycles. The zero-order chi connectivity index (χ0) is 14.5. The summed E-state index contributed by atoms with van der Waals surface area (Å²) in [5, 5.41) is 0. The molecule has 0 unspecified atom stereocenters. The smallest absolute Gasteiger partial charge is 0.476 e. The van der Waals surface area contributed by atoms with Gasteiger partial charge in [-0.05, 0) is 32.1 Å². The molecule has 10 radical (unpaired) electrons. The Labute approximate surface area is 145 Å². The van der Waals surface area contributed by atoms with E-state index >= 15 is 0 Å². The first-order valence-electron chi connectivity index (χ1n) is 6.41. The van der Waals surface area contributed by atoms with Crippen molar-refractivity contribution in [1.29, 1.82) is 0 Å². The van der Waals surface area contributed by atoms with Crippen molar-refractivity contribution in [3.8, 4) is 0 Å². The Morgan fingerprint density at radius 1 is 1.20 bits per heavy atom. The molecule has 0 N–H and O–H groups in total. The van der Waals surface area contributed by atoms with Crippen molar-refractivity contribution in [1.82, 2.24) is 0 Å². The van der Waals surface area contributed by atoms with Crippen LogP contribution in [0.25, 0.3) is 0 Å². The molecule has 0 aromatic heterocycles. The summed E-state index contributed by atoms with van der Waals surface area (Å²) in [7, 11) is 0. The topological polar surface area (TPSA) is 0 Å². The first kappa shape index (κ1) is 23.3. The van der Waals surface area contributed by atoms with Crippen molar-refractivity contribution in [2.24, 2.45) is 0 Å². The van der Waals surface area contributed by atoms with Gasteiger partial charge in [0.2, 0.25) is 0 Å². The molecular weight excluding hydrogens is 397 g/mol. The Balaban J connectivity index is 0. The average molecular weight is 419 g/mol. The first-order valence-corrected chi connectivity index (χ1v) is 14.1. The Morgan fingerprint density at radius 3 is 1.85 bits per heavy atom. The van der Waals surface area contributed by atoms with Crippen molar-refractivity contribution in [2.75, 3.05) is 0 Å². The van der Waals surface area contributed by atoms with Crippen LogP contribution >= 0.6 is 0 Å². The molecule has 2 rings (SSSR count). The molecule has 0 nitrogen and oxygen atoms in total. The third kappa shape index (κ3) is 15.4. The van der Waals surface area contributed by atoms with E-state index in [4.69, 9.17) is 0 Å². The van der Waals surface area contributed by atoms with E-state index in [-0.39, 0.29) is 17.1 Å². The monoisotopic (exact) mass is 420 g/mol. The fourth-order valence-electron chi connectivity index (χ4n) is 1.20. The second-order valence-electron chi connectivity index (χ2n) is 4.40. The van der Waals surface area contributed by atoms with Crippen molar-refractivity contribution in [3.63, 3.8) is 0 Å². The molecule has 2 fully saturated rings. The minimum absolute atomic E-state index is 0. The van der Waals surface area contributed by atoms with Crippen LogP contribution in [0.2, 0.25) is 21.1 Å².